The second-order valence-electron chi connectivity index (χ2n) is 6.18. The lowest BCUT2D eigenvalue weighted by atomic mass is 10.1. The molecule has 2 aliphatic heterocycles. The molecule has 1 atom stereocenters. The maximum absolute atomic E-state index is 12.1. The summed E-state index contributed by atoms with van der Waals surface area (Å²) in [4.78, 5) is 26.2. The van der Waals surface area contributed by atoms with Gasteiger partial charge in [0.25, 0.3) is 0 Å². The number of thioether (sulfide) groups is 1. The minimum atomic E-state index is -0.440. The van der Waals surface area contributed by atoms with Crippen molar-refractivity contribution < 1.29 is 9.59 Å². The van der Waals surface area contributed by atoms with Crippen LogP contribution in [0.4, 0.5) is 16.2 Å². The van der Waals surface area contributed by atoms with Crippen LogP contribution in [0.15, 0.2) is 18.2 Å². The van der Waals surface area contributed by atoms with Gasteiger partial charge in [0.2, 0.25) is 5.91 Å². The number of hydrogen-bond acceptors (Lipinski definition) is 4. The van der Waals surface area contributed by atoms with E-state index in [2.05, 4.69) is 33.8 Å². The van der Waals surface area contributed by atoms with Gasteiger partial charge in [-0.2, -0.15) is 11.8 Å². The Kier molecular flexibility index (Phi) is 5.50. The lowest BCUT2D eigenvalue weighted by molar-refractivity contribution is -0.124. The maximum atomic E-state index is 12.1. The molecule has 24 heavy (non-hydrogen) atoms. The molecule has 2 heterocycles. The van der Waals surface area contributed by atoms with Gasteiger partial charge in [0.1, 0.15) is 6.04 Å². The van der Waals surface area contributed by atoms with Crippen molar-refractivity contribution in [2.45, 2.75) is 25.8 Å². The summed E-state index contributed by atoms with van der Waals surface area (Å²) in [5.74, 6) is 2.21. The van der Waals surface area contributed by atoms with Gasteiger partial charge in [-0.05, 0) is 43.5 Å². The van der Waals surface area contributed by atoms with Crippen LogP contribution >= 0.6 is 11.8 Å². The highest BCUT2D eigenvalue weighted by molar-refractivity contribution is 7.99. The fourth-order valence-electron chi connectivity index (χ4n) is 3.13. The predicted octanol–water partition coefficient (Wildman–Crippen LogP) is 1.95. The van der Waals surface area contributed by atoms with E-state index < -0.39 is 6.04 Å². The number of nitrogens with one attached hydrogen (secondary N) is 3. The Morgan fingerprint density at radius 1 is 1.33 bits per heavy atom. The van der Waals surface area contributed by atoms with Gasteiger partial charge in [0.05, 0.1) is 0 Å². The largest absolute Gasteiger partial charge is 0.370 e. The fraction of sp³-hybridized carbons (Fsp3) is 0.529. The molecule has 0 aromatic heterocycles. The molecule has 0 radical (unpaired) electrons. The van der Waals surface area contributed by atoms with Crippen molar-refractivity contribution in [2.24, 2.45) is 0 Å². The first-order valence-electron chi connectivity index (χ1n) is 8.42. The van der Waals surface area contributed by atoms with E-state index in [9.17, 15) is 9.59 Å². The molecule has 7 heteroatoms. The van der Waals surface area contributed by atoms with Crippen LogP contribution in [0.3, 0.4) is 0 Å². The summed E-state index contributed by atoms with van der Waals surface area (Å²) in [5.41, 5.74) is 3.12. The van der Waals surface area contributed by atoms with Crippen molar-refractivity contribution in [1.29, 1.82) is 0 Å². The quantitative estimate of drug-likeness (QED) is 0.781. The first-order valence-corrected chi connectivity index (χ1v) is 9.57. The number of amides is 3. The van der Waals surface area contributed by atoms with Crippen molar-refractivity contribution in [1.82, 2.24) is 10.6 Å². The van der Waals surface area contributed by atoms with Gasteiger partial charge in [-0.1, -0.05) is 0 Å². The molecule has 3 N–H and O–H groups in total. The Morgan fingerprint density at radius 2 is 2.12 bits per heavy atom. The molecule has 2 saturated heterocycles. The average molecular weight is 348 g/mol. The second-order valence-corrected chi connectivity index (χ2v) is 7.41. The fourth-order valence-corrected chi connectivity index (χ4v) is 4.03. The number of nitrogens with zero attached hydrogens (tertiary/aromatic N) is 1. The van der Waals surface area contributed by atoms with Crippen LogP contribution in [0.25, 0.3) is 0 Å². The monoisotopic (exact) mass is 348 g/mol. The van der Waals surface area contributed by atoms with E-state index in [1.165, 1.54) is 5.69 Å². The average Bonchev–Trinajstić information content (AvgIpc) is 2.58. The van der Waals surface area contributed by atoms with Gasteiger partial charge in [-0.15, -0.1) is 0 Å². The number of piperidine rings is 1. The summed E-state index contributed by atoms with van der Waals surface area (Å²) in [6, 6.07) is 5.19. The van der Waals surface area contributed by atoms with Crippen LogP contribution in [-0.2, 0) is 4.79 Å². The first-order chi connectivity index (χ1) is 11.6. The van der Waals surface area contributed by atoms with Gasteiger partial charge in [-0.3, -0.25) is 4.79 Å². The normalized spacial score (nSPS) is 21.1. The standard InChI is InChI=1S/C17H24N4O2S/c1-12-11-13(4-5-15(12)21-7-9-24-10-8-21)19-17(23)20-14-3-2-6-18-16(14)22/h4-5,11,14H,2-3,6-10H2,1H3,(H,18,22)(H2,19,20,23). The van der Waals surface area contributed by atoms with E-state index in [1.807, 2.05) is 23.9 Å². The number of anilines is 2. The molecule has 2 aliphatic rings. The van der Waals surface area contributed by atoms with Crippen LogP contribution in [0.1, 0.15) is 18.4 Å². The van der Waals surface area contributed by atoms with Crippen LogP contribution < -0.4 is 20.9 Å². The highest BCUT2D eigenvalue weighted by Gasteiger charge is 2.23. The van der Waals surface area contributed by atoms with Crippen LogP contribution in [-0.4, -0.2) is 49.1 Å². The molecule has 0 saturated carbocycles. The van der Waals surface area contributed by atoms with E-state index in [0.717, 1.165) is 42.3 Å². The summed E-state index contributed by atoms with van der Waals surface area (Å²) in [6.45, 7) is 4.88. The molecule has 1 unspecified atom stereocenters. The van der Waals surface area contributed by atoms with Gasteiger partial charge in [0.15, 0.2) is 0 Å². The van der Waals surface area contributed by atoms with E-state index in [0.29, 0.717) is 13.0 Å². The minimum absolute atomic E-state index is 0.106. The van der Waals surface area contributed by atoms with Gasteiger partial charge < -0.3 is 20.9 Å². The molecule has 0 aliphatic carbocycles. The summed E-state index contributed by atoms with van der Waals surface area (Å²) in [5, 5.41) is 8.33. The number of rotatable bonds is 3. The van der Waals surface area contributed by atoms with E-state index in [1.54, 1.807) is 0 Å². The van der Waals surface area contributed by atoms with Crippen LogP contribution in [0.5, 0.6) is 0 Å². The van der Waals surface area contributed by atoms with Gasteiger partial charge >= 0.3 is 6.03 Å². The molecule has 0 spiro atoms. The lowest BCUT2D eigenvalue weighted by Gasteiger charge is -2.30. The molecular formula is C17H24N4O2S. The predicted molar refractivity (Wildman–Crippen MR) is 98.9 cm³/mol. The van der Waals surface area contributed by atoms with Crippen molar-refractivity contribution in [2.75, 3.05) is 41.4 Å². The number of carbonyl (C=O) groups excluding carboxylic acids is 2. The van der Waals surface area contributed by atoms with Crippen molar-refractivity contribution in [3.8, 4) is 0 Å². The third-order valence-electron chi connectivity index (χ3n) is 4.40. The third-order valence-corrected chi connectivity index (χ3v) is 5.34. The van der Waals surface area contributed by atoms with E-state index >= 15 is 0 Å². The highest BCUT2D eigenvalue weighted by atomic mass is 32.2. The summed E-state index contributed by atoms with van der Waals surface area (Å²) in [6.07, 6.45) is 1.57. The molecule has 0 bridgehead atoms. The van der Waals surface area contributed by atoms with Gasteiger partial charge in [-0.25, -0.2) is 4.79 Å². The molecule has 130 valence electrons. The van der Waals surface area contributed by atoms with Crippen LogP contribution in [0, 0.1) is 6.92 Å². The number of aryl methyl sites for hydroxylation is 1. The summed E-state index contributed by atoms with van der Waals surface area (Å²) < 4.78 is 0. The zero-order chi connectivity index (χ0) is 16.9. The lowest BCUT2D eigenvalue weighted by Crippen LogP contribution is -2.51. The number of urea groups is 1. The zero-order valence-corrected chi connectivity index (χ0v) is 14.7. The molecule has 6 nitrogen and oxygen atoms in total. The van der Waals surface area contributed by atoms with Crippen molar-refractivity contribution in [3.05, 3.63) is 23.8 Å². The van der Waals surface area contributed by atoms with Crippen molar-refractivity contribution in [3.63, 3.8) is 0 Å². The Balaban J connectivity index is 1.59. The Bertz CT molecular complexity index is 617. The molecule has 3 amide bonds. The van der Waals surface area contributed by atoms with Gasteiger partial charge in [0, 0.05) is 42.5 Å². The molecular weight excluding hydrogens is 324 g/mol. The molecule has 3 rings (SSSR count). The zero-order valence-electron chi connectivity index (χ0n) is 13.9. The smallest absolute Gasteiger partial charge is 0.319 e. The topological polar surface area (TPSA) is 73.5 Å². The summed E-state index contributed by atoms with van der Waals surface area (Å²) in [7, 11) is 0. The number of benzene rings is 1. The SMILES string of the molecule is Cc1cc(NC(=O)NC2CCCNC2=O)ccc1N1CCSCC1. The summed E-state index contributed by atoms with van der Waals surface area (Å²) >= 11 is 1.99. The van der Waals surface area contributed by atoms with Crippen LogP contribution in [0.2, 0.25) is 0 Å². The maximum Gasteiger partial charge on any atom is 0.319 e. The molecule has 2 fully saturated rings. The molecule has 1 aromatic carbocycles. The minimum Gasteiger partial charge on any atom is -0.370 e. The molecule has 1 aromatic rings. The highest BCUT2D eigenvalue weighted by Crippen LogP contribution is 2.26. The van der Waals surface area contributed by atoms with E-state index in [-0.39, 0.29) is 11.9 Å². The first kappa shape index (κ1) is 17.0. The van der Waals surface area contributed by atoms with E-state index in [4.69, 9.17) is 0 Å². The number of carbonyl (C=O) groups is 2. The number of hydrogen-bond donors (Lipinski definition) is 3. The Labute approximate surface area is 146 Å². The Hall–Kier alpha value is -1.89. The van der Waals surface area contributed by atoms with Crippen molar-refractivity contribution >= 4 is 35.1 Å². The second kappa shape index (κ2) is 7.79. The third kappa shape index (κ3) is 4.14. The Morgan fingerprint density at radius 3 is 2.83 bits per heavy atom.